The Hall–Kier alpha value is -0.110. The summed E-state index contributed by atoms with van der Waals surface area (Å²) in [6.45, 7) is 4.44. The van der Waals surface area contributed by atoms with Crippen LogP contribution in [-0.4, -0.2) is 18.4 Å². The molecule has 0 aliphatic carbocycles. The van der Waals surface area contributed by atoms with Gasteiger partial charge in [-0.15, -0.1) is 0 Å². The van der Waals surface area contributed by atoms with Crippen LogP contribution in [0.25, 0.3) is 0 Å². The van der Waals surface area contributed by atoms with Crippen LogP contribution in [0.4, 0.5) is 4.39 Å². The molecule has 2 heteroatoms. The van der Waals surface area contributed by atoms with E-state index in [2.05, 4.69) is 0 Å². The minimum atomic E-state index is -0.645. The molecule has 1 unspecified atom stereocenters. The monoisotopic (exact) mass is 132 g/mol. The van der Waals surface area contributed by atoms with Crippen molar-refractivity contribution in [1.82, 2.24) is 0 Å². The molecule has 0 radical (unpaired) electrons. The van der Waals surface area contributed by atoms with Crippen LogP contribution in [0, 0.1) is 0 Å². The smallest absolute Gasteiger partial charge is 0.105 e. The van der Waals surface area contributed by atoms with Crippen LogP contribution >= 0.6 is 0 Å². The van der Waals surface area contributed by atoms with Gasteiger partial charge in [-0.2, -0.15) is 0 Å². The van der Waals surface area contributed by atoms with Gasteiger partial charge in [-0.1, -0.05) is 0 Å². The van der Waals surface area contributed by atoms with Gasteiger partial charge in [0, 0.05) is 12.8 Å². The van der Waals surface area contributed by atoms with Crippen molar-refractivity contribution in [2.45, 2.75) is 38.5 Å². The highest BCUT2D eigenvalue weighted by molar-refractivity contribution is 4.77. The largest absolute Gasteiger partial charge is 0.375 e. The van der Waals surface area contributed by atoms with E-state index in [4.69, 9.17) is 4.74 Å². The normalized spacial score (nSPS) is 34.3. The fraction of sp³-hybridized carbons (Fsp3) is 1.00. The summed E-state index contributed by atoms with van der Waals surface area (Å²) in [4.78, 5) is 0. The Kier molecular flexibility index (Phi) is 1.75. The van der Waals surface area contributed by atoms with Gasteiger partial charge in [-0.25, -0.2) is 4.39 Å². The van der Waals surface area contributed by atoms with E-state index in [1.54, 1.807) is 0 Å². The quantitative estimate of drug-likeness (QED) is 0.489. The van der Waals surface area contributed by atoms with Crippen LogP contribution < -0.4 is 0 Å². The summed E-state index contributed by atoms with van der Waals surface area (Å²) in [6.07, 6.45) is 0.477. The van der Waals surface area contributed by atoms with E-state index in [1.165, 1.54) is 0 Å². The maximum absolute atomic E-state index is 12.6. The van der Waals surface area contributed by atoms with E-state index in [0.717, 1.165) is 0 Å². The summed E-state index contributed by atoms with van der Waals surface area (Å²) >= 11 is 0. The first-order valence-electron chi connectivity index (χ1n) is 3.38. The van der Waals surface area contributed by atoms with Gasteiger partial charge in [0.2, 0.25) is 0 Å². The topological polar surface area (TPSA) is 9.23 Å². The molecule has 1 aliphatic rings. The van der Waals surface area contributed by atoms with Crippen molar-refractivity contribution in [3.63, 3.8) is 0 Å². The van der Waals surface area contributed by atoms with Crippen LogP contribution in [0.3, 0.4) is 0 Å². The maximum Gasteiger partial charge on any atom is 0.105 e. The molecule has 0 amide bonds. The first kappa shape index (κ1) is 7.00. The molecule has 0 saturated carbocycles. The molecule has 0 aromatic carbocycles. The lowest BCUT2D eigenvalue weighted by Gasteiger charge is -2.31. The summed E-state index contributed by atoms with van der Waals surface area (Å²) < 4.78 is 17.9. The third-order valence-corrected chi connectivity index (χ3v) is 1.64. The van der Waals surface area contributed by atoms with Gasteiger partial charge in [0.15, 0.2) is 0 Å². The van der Waals surface area contributed by atoms with E-state index in [-0.39, 0.29) is 5.60 Å². The van der Waals surface area contributed by atoms with Crippen LogP contribution in [0.2, 0.25) is 0 Å². The van der Waals surface area contributed by atoms with Crippen LogP contribution in [0.1, 0.15) is 26.7 Å². The molecular formula is C7H13FO. The number of alkyl halides is 1. The highest BCUT2D eigenvalue weighted by Gasteiger charge is 2.28. The molecule has 1 aliphatic heterocycles. The van der Waals surface area contributed by atoms with Crippen LogP contribution in [-0.2, 0) is 4.74 Å². The molecule has 1 heterocycles. The van der Waals surface area contributed by atoms with Gasteiger partial charge in [0.1, 0.15) is 6.17 Å². The first-order chi connectivity index (χ1) is 4.10. The van der Waals surface area contributed by atoms with Gasteiger partial charge < -0.3 is 4.74 Å². The van der Waals surface area contributed by atoms with E-state index in [0.29, 0.717) is 19.4 Å². The second kappa shape index (κ2) is 2.25. The van der Waals surface area contributed by atoms with Gasteiger partial charge >= 0.3 is 0 Å². The molecule has 1 fully saturated rings. The molecule has 9 heavy (non-hydrogen) atoms. The van der Waals surface area contributed by atoms with E-state index < -0.39 is 6.17 Å². The number of ether oxygens (including phenoxy) is 1. The van der Waals surface area contributed by atoms with E-state index >= 15 is 0 Å². The molecule has 0 aromatic rings. The van der Waals surface area contributed by atoms with Crippen molar-refractivity contribution in [3.8, 4) is 0 Å². The Labute approximate surface area is 55.2 Å². The number of rotatable bonds is 0. The summed E-state index contributed by atoms with van der Waals surface area (Å²) in [6, 6.07) is 0. The molecule has 0 spiro atoms. The Balaban J connectivity index is 2.41. The summed E-state index contributed by atoms with van der Waals surface area (Å²) in [5, 5.41) is 0. The molecule has 0 N–H and O–H groups in total. The minimum absolute atomic E-state index is 0.225. The highest BCUT2D eigenvalue weighted by Crippen LogP contribution is 2.25. The fourth-order valence-corrected chi connectivity index (χ4v) is 1.16. The van der Waals surface area contributed by atoms with Crippen LogP contribution in [0.15, 0.2) is 0 Å². The van der Waals surface area contributed by atoms with Crippen molar-refractivity contribution in [3.05, 3.63) is 0 Å². The number of hydrogen-bond donors (Lipinski definition) is 0. The molecule has 1 nitrogen and oxygen atoms in total. The second-order valence-electron chi connectivity index (χ2n) is 3.20. The van der Waals surface area contributed by atoms with Crippen molar-refractivity contribution >= 4 is 0 Å². The maximum atomic E-state index is 12.6. The Bertz CT molecular complexity index is 101. The Morgan fingerprint density at radius 1 is 1.56 bits per heavy atom. The minimum Gasteiger partial charge on any atom is -0.375 e. The Morgan fingerprint density at radius 2 is 2.22 bits per heavy atom. The standard InChI is InChI=1S/C7H13FO/c1-7(2)5-6(8)3-4-9-7/h6H,3-5H2,1-2H3. The van der Waals surface area contributed by atoms with E-state index in [1.807, 2.05) is 13.8 Å². The average Bonchev–Trinajstić information content (AvgIpc) is 1.60. The zero-order valence-electron chi connectivity index (χ0n) is 5.98. The van der Waals surface area contributed by atoms with Crippen LogP contribution in [0.5, 0.6) is 0 Å². The molecule has 1 atom stereocenters. The number of halogens is 1. The predicted molar refractivity (Wildman–Crippen MR) is 34.2 cm³/mol. The SMILES string of the molecule is CC1(C)CC(F)CCO1. The fourth-order valence-electron chi connectivity index (χ4n) is 1.16. The zero-order chi connectivity index (χ0) is 6.91. The van der Waals surface area contributed by atoms with Gasteiger partial charge in [-0.05, 0) is 13.8 Å². The molecule has 54 valence electrons. The third kappa shape index (κ3) is 1.94. The Morgan fingerprint density at radius 3 is 2.56 bits per heavy atom. The molecule has 1 rings (SSSR count). The lowest BCUT2D eigenvalue weighted by molar-refractivity contribution is -0.0778. The van der Waals surface area contributed by atoms with Crippen molar-refractivity contribution in [2.75, 3.05) is 6.61 Å². The molecule has 1 saturated heterocycles. The van der Waals surface area contributed by atoms with Crippen molar-refractivity contribution < 1.29 is 9.13 Å². The summed E-state index contributed by atoms with van der Waals surface area (Å²) in [7, 11) is 0. The van der Waals surface area contributed by atoms with Gasteiger partial charge in [-0.3, -0.25) is 0 Å². The van der Waals surface area contributed by atoms with Crippen molar-refractivity contribution in [2.24, 2.45) is 0 Å². The zero-order valence-corrected chi connectivity index (χ0v) is 5.98. The second-order valence-corrected chi connectivity index (χ2v) is 3.20. The molecular weight excluding hydrogens is 119 g/mol. The highest BCUT2D eigenvalue weighted by atomic mass is 19.1. The first-order valence-corrected chi connectivity index (χ1v) is 3.38. The predicted octanol–water partition coefficient (Wildman–Crippen LogP) is 1.91. The lowest BCUT2D eigenvalue weighted by atomic mass is 9.97. The number of hydrogen-bond acceptors (Lipinski definition) is 1. The third-order valence-electron chi connectivity index (χ3n) is 1.64. The van der Waals surface area contributed by atoms with Crippen molar-refractivity contribution in [1.29, 1.82) is 0 Å². The lowest BCUT2D eigenvalue weighted by Crippen LogP contribution is -2.34. The molecule has 0 aromatic heterocycles. The van der Waals surface area contributed by atoms with E-state index in [9.17, 15) is 4.39 Å². The average molecular weight is 132 g/mol. The van der Waals surface area contributed by atoms with Gasteiger partial charge in [0.25, 0.3) is 0 Å². The summed E-state index contributed by atoms with van der Waals surface area (Å²) in [5.41, 5.74) is -0.225. The summed E-state index contributed by atoms with van der Waals surface area (Å²) in [5.74, 6) is 0. The van der Waals surface area contributed by atoms with Gasteiger partial charge in [0.05, 0.1) is 12.2 Å². The molecule has 0 bridgehead atoms.